The first kappa shape index (κ1) is 19.1. The van der Waals surface area contributed by atoms with Gasteiger partial charge in [0.2, 0.25) is 0 Å². The summed E-state index contributed by atoms with van der Waals surface area (Å²) in [6, 6.07) is 5.84. The summed E-state index contributed by atoms with van der Waals surface area (Å²) in [7, 11) is 0. The van der Waals surface area contributed by atoms with E-state index in [1.165, 1.54) is 0 Å². The fourth-order valence-corrected chi connectivity index (χ4v) is 3.65. The minimum atomic E-state index is -0.635. The van der Waals surface area contributed by atoms with Crippen LogP contribution in [0.4, 0.5) is 17.3 Å². The Morgan fingerprint density at radius 3 is 2.76 bits per heavy atom. The van der Waals surface area contributed by atoms with E-state index >= 15 is 0 Å². The van der Waals surface area contributed by atoms with Gasteiger partial charge in [0.1, 0.15) is 5.82 Å². The fraction of sp³-hybridized carbons (Fsp3) is 0.400. The number of carbonyl (C=O) groups is 1. The normalized spacial score (nSPS) is 19.2. The summed E-state index contributed by atoms with van der Waals surface area (Å²) in [6.07, 6.45) is 5.28. The number of aryl methyl sites for hydroxylation is 1. The molecule has 1 amide bonds. The van der Waals surface area contributed by atoms with E-state index in [9.17, 15) is 9.90 Å². The van der Waals surface area contributed by atoms with Crippen LogP contribution in [-0.2, 0) is 6.42 Å². The first-order valence-electron chi connectivity index (χ1n) is 9.89. The average molecular weight is 395 g/mol. The van der Waals surface area contributed by atoms with Crippen molar-refractivity contribution in [2.45, 2.75) is 51.2 Å². The van der Waals surface area contributed by atoms with Crippen molar-refractivity contribution in [3.8, 4) is 0 Å². The number of aromatic amines is 1. The first-order valence-corrected chi connectivity index (χ1v) is 9.89. The number of carbonyl (C=O) groups excluding carboxylic acids is 1. The molecule has 2 heterocycles. The smallest absolute Gasteiger partial charge is 0.271 e. The third-order valence-corrected chi connectivity index (χ3v) is 5.26. The van der Waals surface area contributed by atoms with Crippen LogP contribution in [0.3, 0.4) is 0 Å². The number of nitrogens with zero attached hydrogens (tertiary/aromatic N) is 3. The summed E-state index contributed by atoms with van der Waals surface area (Å²) >= 11 is 0. The number of primary amides is 1. The highest BCUT2D eigenvalue weighted by molar-refractivity contribution is 5.97. The van der Waals surface area contributed by atoms with E-state index in [1.807, 2.05) is 25.1 Å². The van der Waals surface area contributed by atoms with E-state index in [-0.39, 0.29) is 17.8 Å². The number of hydrogen-bond acceptors (Lipinski definition) is 7. The number of aliphatic hydroxyl groups is 1. The van der Waals surface area contributed by atoms with Gasteiger partial charge in [-0.25, -0.2) is 15.0 Å². The average Bonchev–Trinajstić information content (AvgIpc) is 3.17. The summed E-state index contributed by atoms with van der Waals surface area (Å²) in [6.45, 7) is 1.96. The molecule has 0 radical (unpaired) electrons. The fourth-order valence-electron chi connectivity index (χ4n) is 3.65. The van der Waals surface area contributed by atoms with Crippen molar-refractivity contribution in [2.75, 3.05) is 10.6 Å². The zero-order valence-corrected chi connectivity index (χ0v) is 16.3. The van der Waals surface area contributed by atoms with E-state index in [0.29, 0.717) is 23.8 Å². The molecule has 0 saturated heterocycles. The third kappa shape index (κ3) is 4.14. The second-order valence-corrected chi connectivity index (χ2v) is 7.34. The topological polar surface area (TPSA) is 142 Å². The molecule has 3 aromatic rings. The molecule has 1 fully saturated rings. The number of fused-ring (bicyclic) bond motifs is 1. The molecule has 9 nitrogen and oxygen atoms in total. The van der Waals surface area contributed by atoms with Crippen LogP contribution in [0, 0.1) is 0 Å². The minimum Gasteiger partial charge on any atom is -0.393 e. The molecule has 1 aliphatic rings. The van der Waals surface area contributed by atoms with Crippen LogP contribution >= 0.6 is 0 Å². The van der Waals surface area contributed by atoms with Crippen LogP contribution in [0.2, 0.25) is 0 Å². The van der Waals surface area contributed by atoms with Crippen LogP contribution in [0.1, 0.15) is 48.8 Å². The predicted octanol–water partition coefficient (Wildman–Crippen LogP) is 2.47. The maximum absolute atomic E-state index is 12.0. The number of H-pyrrole nitrogens is 1. The van der Waals surface area contributed by atoms with Crippen molar-refractivity contribution in [3.63, 3.8) is 0 Å². The van der Waals surface area contributed by atoms with Crippen molar-refractivity contribution < 1.29 is 9.90 Å². The second kappa shape index (κ2) is 8.04. The van der Waals surface area contributed by atoms with E-state index in [0.717, 1.165) is 42.4 Å². The molecule has 1 aliphatic carbocycles. The number of benzene rings is 1. The Morgan fingerprint density at radius 2 is 2.03 bits per heavy atom. The SMILES string of the molecule is CCc1nc(C(N)=O)c(Nc2ccc3nc[nH]c3c2)nc1NC1CCC(O)CC1. The number of rotatable bonds is 6. The van der Waals surface area contributed by atoms with Crippen LogP contribution in [-0.4, -0.2) is 43.1 Å². The zero-order valence-electron chi connectivity index (χ0n) is 16.3. The molecule has 0 bridgehead atoms. The second-order valence-electron chi connectivity index (χ2n) is 7.34. The maximum Gasteiger partial charge on any atom is 0.271 e. The molecular formula is C20H25N7O2. The summed E-state index contributed by atoms with van der Waals surface area (Å²) in [4.78, 5) is 28.4. The molecule has 0 spiro atoms. The Hall–Kier alpha value is -3.20. The highest BCUT2D eigenvalue weighted by Gasteiger charge is 2.23. The number of nitrogens with two attached hydrogens (primary N) is 1. The number of imidazole rings is 1. The predicted molar refractivity (Wildman–Crippen MR) is 111 cm³/mol. The van der Waals surface area contributed by atoms with Gasteiger partial charge in [0.15, 0.2) is 11.5 Å². The number of aliphatic hydroxyl groups excluding tert-OH is 1. The number of nitrogens with one attached hydrogen (secondary N) is 3. The van der Waals surface area contributed by atoms with E-state index < -0.39 is 5.91 Å². The molecule has 1 saturated carbocycles. The molecule has 9 heteroatoms. The van der Waals surface area contributed by atoms with Crippen LogP contribution in [0.5, 0.6) is 0 Å². The molecule has 4 rings (SSSR count). The minimum absolute atomic E-state index is 0.108. The summed E-state index contributed by atoms with van der Waals surface area (Å²) in [5, 5.41) is 16.4. The van der Waals surface area contributed by atoms with Crippen molar-refractivity contribution >= 4 is 34.3 Å². The molecule has 0 aliphatic heterocycles. The molecule has 2 aromatic heterocycles. The Bertz CT molecular complexity index is 1020. The lowest BCUT2D eigenvalue weighted by atomic mass is 9.93. The largest absolute Gasteiger partial charge is 0.393 e. The zero-order chi connectivity index (χ0) is 20.4. The third-order valence-electron chi connectivity index (χ3n) is 5.26. The van der Waals surface area contributed by atoms with Crippen molar-refractivity contribution in [3.05, 3.63) is 35.9 Å². The molecule has 152 valence electrons. The molecule has 6 N–H and O–H groups in total. The van der Waals surface area contributed by atoms with Gasteiger partial charge in [0.05, 0.1) is 29.2 Å². The standard InChI is InChI=1S/C20H25N7O2/c1-2-14-19(24-11-3-6-13(28)7-4-11)27-20(17(26-14)18(21)29)25-12-5-8-15-16(9-12)23-10-22-15/h5,8-11,13,28H,2-4,6-7H2,1H3,(H2,21,29)(H,22,23)(H2,24,25,27). The van der Waals surface area contributed by atoms with Gasteiger partial charge in [-0.15, -0.1) is 0 Å². The number of aromatic nitrogens is 4. The van der Waals surface area contributed by atoms with Crippen molar-refractivity contribution in [1.82, 2.24) is 19.9 Å². The Balaban J connectivity index is 1.65. The summed E-state index contributed by atoms with van der Waals surface area (Å²) in [5.74, 6) is 0.320. The van der Waals surface area contributed by atoms with Gasteiger partial charge in [-0.05, 0) is 50.3 Å². The lowest BCUT2D eigenvalue weighted by molar-refractivity contribution is 0.0996. The summed E-state index contributed by atoms with van der Waals surface area (Å²) < 4.78 is 0. The van der Waals surface area contributed by atoms with Gasteiger partial charge < -0.3 is 26.5 Å². The lowest BCUT2D eigenvalue weighted by Gasteiger charge is -2.27. The highest BCUT2D eigenvalue weighted by atomic mass is 16.3. The Kier molecular flexibility index (Phi) is 5.30. The molecule has 0 unspecified atom stereocenters. The van der Waals surface area contributed by atoms with Gasteiger partial charge in [-0.3, -0.25) is 4.79 Å². The van der Waals surface area contributed by atoms with Gasteiger partial charge in [0, 0.05) is 11.7 Å². The molecule has 29 heavy (non-hydrogen) atoms. The van der Waals surface area contributed by atoms with Crippen LogP contribution in [0.25, 0.3) is 11.0 Å². The van der Waals surface area contributed by atoms with Gasteiger partial charge in [-0.1, -0.05) is 6.92 Å². The quantitative estimate of drug-likeness (QED) is 0.431. The Labute approximate surface area is 168 Å². The van der Waals surface area contributed by atoms with Crippen molar-refractivity contribution in [1.29, 1.82) is 0 Å². The Morgan fingerprint density at radius 1 is 1.24 bits per heavy atom. The van der Waals surface area contributed by atoms with Crippen LogP contribution < -0.4 is 16.4 Å². The van der Waals surface area contributed by atoms with Crippen LogP contribution in [0.15, 0.2) is 24.5 Å². The van der Waals surface area contributed by atoms with Gasteiger partial charge in [0.25, 0.3) is 5.91 Å². The monoisotopic (exact) mass is 395 g/mol. The number of hydrogen-bond donors (Lipinski definition) is 5. The molecular weight excluding hydrogens is 370 g/mol. The number of anilines is 3. The van der Waals surface area contributed by atoms with Crippen molar-refractivity contribution in [2.24, 2.45) is 5.73 Å². The lowest BCUT2D eigenvalue weighted by Crippen LogP contribution is -2.29. The molecule has 1 aromatic carbocycles. The summed E-state index contributed by atoms with van der Waals surface area (Å²) in [5.41, 5.74) is 8.83. The van der Waals surface area contributed by atoms with E-state index in [1.54, 1.807) is 6.33 Å². The van der Waals surface area contributed by atoms with Gasteiger partial charge in [-0.2, -0.15) is 0 Å². The molecule has 0 atom stereocenters. The number of amides is 1. The van der Waals surface area contributed by atoms with E-state index in [2.05, 4.69) is 30.6 Å². The van der Waals surface area contributed by atoms with E-state index in [4.69, 9.17) is 5.73 Å². The highest BCUT2D eigenvalue weighted by Crippen LogP contribution is 2.27. The maximum atomic E-state index is 12.0. The first-order chi connectivity index (χ1) is 14.0. The van der Waals surface area contributed by atoms with Gasteiger partial charge >= 0.3 is 0 Å².